The number of aryl methyl sites for hydroxylation is 1. The summed E-state index contributed by atoms with van der Waals surface area (Å²) >= 11 is 0. The van der Waals surface area contributed by atoms with E-state index in [0.717, 1.165) is 25.0 Å². The van der Waals surface area contributed by atoms with Crippen molar-refractivity contribution in [2.24, 2.45) is 0 Å². The van der Waals surface area contributed by atoms with Gasteiger partial charge in [0.15, 0.2) is 5.78 Å². The van der Waals surface area contributed by atoms with E-state index >= 15 is 0 Å². The number of hydrogen-bond acceptors (Lipinski definition) is 2. The largest absolute Gasteiger partial charge is 0.377 e. The number of benzene rings is 1. The van der Waals surface area contributed by atoms with Crippen molar-refractivity contribution >= 4 is 11.4 Å². The smallest absolute Gasteiger partial charge is 0.166 e. The molecule has 0 spiro atoms. The molecule has 2 nitrogen and oxygen atoms in total. The fourth-order valence-electron chi connectivity index (χ4n) is 2.74. The lowest BCUT2D eigenvalue weighted by molar-refractivity contribution is -0.114. The van der Waals surface area contributed by atoms with Gasteiger partial charge in [-0.15, -0.1) is 0 Å². The van der Waals surface area contributed by atoms with Crippen LogP contribution in [0.15, 0.2) is 30.0 Å². The van der Waals surface area contributed by atoms with Crippen molar-refractivity contribution in [3.8, 4) is 0 Å². The first-order chi connectivity index (χ1) is 7.77. The van der Waals surface area contributed by atoms with Gasteiger partial charge in [0.1, 0.15) is 0 Å². The first kappa shape index (κ1) is 9.64. The molecule has 0 amide bonds. The second kappa shape index (κ2) is 3.48. The van der Waals surface area contributed by atoms with Gasteiger partial charge in [-0.25, -0.2) is 0 Å². The number of fused-ring (bicyclic) bond motifs is 2. The maximum Gasteiger partial charge on any atom is 0.166 e. The normalized spacial score (nSPS) is 19.6. The second-order valence-electron chi connectivity index (χ2n) is 4.57. The molecule has 0 atom stereocenters. The van der Waals surface area contributed by atoms with Gasteiger partial charge in [-0.2, -0.15) is 0 Å². The van der Waals surface area contributed by atoms with Crippen molar-refractivity contribution in [3.63, 3.8) is 0 Å². The molecule has 1 aliphatic carbocycles. The highest BCUT2D eigenvalue weighted by Gasteiger charge is 2.29. The topological polar surface area (TPSA) is 20.3 Å². The highest BCUT2D eigenvalue weighted by molar-refractivity contribution is 6.22. The number of rotatable bonds is 0. The summed E-state index contributed by atoms with van der Waals surface area (Å²) in [5.41, 5.74) is 4.72. The zero-order valence-electron chi connectivity index (χ0n) is 9.49. The van der Waals surface area contributed by atoms with Crippen LogP contribution in [0.1, 0.15) is 24.0 Å². The van der Waals surface area contributed by atoms with Crippen LogP contribution in [0.5, 0.6) is 0 Å². The average molecular weight is 213 g/mol. The molecule has 3 rings (SSSR count). The predicted molar refractivity (Wildman–Crippen MR) is 63.9 cm³/mol. The van der Waals surface area contributed by atoms with Crippen molar-refractivity contribution in [1.29, 1.82) is 0 Å². The molecule has 0 saturated heterocycles. The van der Waals surface area contributed by atoms with Gasteiger partial charge in [-0.1, -0.05) is 24.3 Å². The van der Waals surface area contributed by atoms with Crippen LogP contribution in [0.4, 0.5) is 0 Å². The monoisotopic (exact) mass is 213 g/mol. The molecule has 2 aliphatic rings. The Bertz CT molecular complexity index is 487. The molecule has 0 unspecified atom stereocenters. The molecule has 1 aromatic carbocycles. The minimum Gasteiger partial charge on any atom is -0.377 e. The van der Waals surface area contributed by atoms with Crippen LogP contribution in [0.3, 0.4) is 0 Å². The van der Waals surface area contributed by atoms with Crippen LogP contribution in [0.2, 0.25) is 0 Å². The van der Waals surface area contributed by atoms with E-state index in [9.17, 15) is 4.79 Å². The molecule has 0 saturated carbocycles. The SMILES string of the molecule is CN1CCC(=O)C2=C1CCc1ccccc12. The highest BCUT2D eigenvalue weighted by atomic mass is 16.1. The van der Waals surface area contributed by atoms with E-state index in [2.05, 4.69) is 30.1 Å². The standard InChI is InChI=1S/C14H15NO/c1-15-9-8-13(16)14-11-5-3-2-4-10(11)6-7-12(14)15/h2-5H,6-9H2,1H3. The third kappa shape index (κ3) is 1.29. The first-order valence-corrected chi connectivity index (χ1v) is 5.83. The highest BCUT2D eigenvalue weighted by Crippen LogP contribution is 2.36. The van der Waals surface area contributed by atoms with E-state index in [4.69, 9.17) is 0 Å². The number of carbonyl (C=O) groups excluding carboxylic acids is 1. The lowest BCUT2D eigenvalue weighted by atomic mass is 9.83. The van der Waals surface area contributed by atoms with Gasteiger partial charge in [0.25, 0.3) is 0 Å². The zero-order valence-corrected chi connectivity index (χ0v) is 9.49. The molecule has 0 aromatic heterocycles. The Balaban J connectivity index is 2.21. The maximum absolute atomic E-state index is 12.1. The summed E-state index contributed by atoms with van der Waals surface area (Å²) in [7, 11) is 2.09. The Morgan fingerprint density at radius 1 is 1.12 bits per heavy atom. The molecule has 0 N–H and O–H groups in total. The van der Waals surface area contributed by atoms with Gasteiger partial charge >= 0.3 is 0 Å². The molecule has 2 heteroatoms. The number of ketones is 1. The molecule has 0 radical (unpaired) electrons. The van der Waals surface area contributed by atoms with Gasteiger partial charge in [0.05, 0.1) is 0 Å². The Morgan fingerprint density at radius 3 is 2.81 bits per heavy atom. The van der Waals surface area contributed by atoms with Crippen molar-refractivity contribution in [2.45, 2.75) is 19.3 Å². The lowest BCUT2D eigenvalue weighted by Gasteiger charge is -2.33. The zero-order chi connectivity index (χ0) is 11.1. The van der Waals surface area contributed by atoms with Crippen molar-refractivity contribution in [1.82, 2.24) is 4.90 Å². The van der Waals surface area contributed by atoms with E-state index in [1.807, 2.05) is 6.07 Å². The summed E-state index contributed by atoms with van der Waals surface area (Å²) in [6.45, 7) is 0.875. The second-order valence-corrected chi connectivity index (χ2v) is 4.57. The van der Waals surface area contributed by atoms with E-state index in [-0.39, 0.29) is 0 Å². The van der Waals surface area contributed by atoms with Crippen LogP contribution in [0.25, 0.3) is 5.57 Å². The summed E-state index contributed by atoms with van der Waals surface area (Å²) in [6.07, 6.45) is 2.73. The number of hydrogen-bond donors (Lipinski definition) is 0. The minimum atomic E-state index is 0.320. The molecular weight excluding hydrogens is 198 g/mol. The van der Waals surface area contributed by atoms with Crippen LogP contribution in [-0.4, -0.2) is 24.3 Å². The summed E-state index contributed by atoms with van der Waals surface area (Å²) < 4.78 is 0. The molecule has 16 heavy (non-hydrogen) atoms. The summed E-state index contributed by atoms with van der Waals surface area (Å²) in [6, 6.07) is 8.31. The van der Waals surface area contributed by atoms with Crippen LogP contribution < -0.4 is 0 Å². The third-order valence-corrected chi connectivity index (χ3v) is 3.62. The predicted octanol–water partition coefficient (Wildman–Crippen LogP) is 2.25. The van der Waals surface area contributed by atoms with Gasteiger partial charge < -0.3 is 4.90 Å². The Hall–Kier alpha value is -1.57. The quantitative estimate of drug-likeness (QED) is 0.658. The minimum absolute atomic E-state index is 0.320. The van der Waals surface area contributed by atoms with Crippen molar-refractivity contribution < 1.29 is 4.79 Å². The fourth-order valence-corrected chi connectivity index (χ4v) is 2.74. The molecule has 1 heterocycles. The van der Waals surface area contributed by atoms with Gasteiger partial charge in [0.2, 0.25) is 0 Å². The first-order valence-electron chi connectivity index (χ1n) is 5.83. The Kier molecular flexibility index (Phi) is 2.10. The van der Waals surface area contributed by atoms with Gasteiger partial charge in [0, 0.05) is 31.3 Å². The number of carbonyl (C=O) groups is 1. The van der Waals surface area contributed by atoms with E-state index in [1.165, 1.54) is 16.8 Å². The van der Waals surface area contributed by atoms with Crippen LogP contribution in [-0.2, 0) is 11.2 Å². The van der Waals surface area contributed by atoms with Gasteiger partial charge in [-0.3, -0.25) is 4.79 Å². The Labute approximate surface area is 95.6 Å². The van der Waals surface area contributed by atoms with Crippen molar-refractivity contribution in [2.75, 3.05) is 13.6 Å². The fraction of sp³-hybridized carbons (Fsp3) is 0.357. The lowest BCUT2D eigenvalue weighted by Crippen LogP contribution is -2.31. The van der Waals surface area contributed by atoms with Gasteiger partial charge in [-0.05, 0) is 24.0 Å². The third-order valence-electron chi connectivity index (χ3n) is 3.62. The summed E-state index contributed by atoms with van der Waals surface area (Å²) in [5.74, 6) is 0.320. The molecule has 82 valence electrons. The summed E-state index contributed by atoms with van der Waals surface area (Å²) in [4.78, 5) is 14.3. The number of allylic oxidation sites excluding steroid dienone is 2. The molecule has 1 aliphatic heterocycles. The van der Waals surface area contributed by atoms with Crippen LogP contribution in [0, 0.1) is 0 Å². The maximum atomic E-state index is 12.1. The molecule has 0 fully saturated rings. The van der Waals surface area contributed by atoms with E-state index in [0.29, 0.717) is 12.2 Å². The molecule has 0 bridgehead atoms. The van der Waals surface area contributed by atoms with E-state index < -0.39 is 0 Å². The molecular formula is C14H15NO. The van der Waals surface area contributed by atoms with E-state index in [1.54, 1.807) is 0 Å². The van der Waals surface area contributed by atoms with Crippen molar-refractivity contribution in [3.05, 3.63) is 41.1 Å². The summed E-state index contributed by atoms with van der Waals surface area (Å²) in [5, 5.41) is 0. The average Bonchev–Trinajstić information content (AvgIpc) is 2.33. The van der Waals surface area contributed by atoms with Crippen LogP contribution >= 0.6 is 0 Å². The number of Topliss-reactive ketones (excluding diaryl/α,β-unsaturated/α-hetero) is 1. The number of nitrogens with zero attached hydrogens (tertiary/aromatic N) is 1. The Morgan fingerprint density at radius 2 is 1.94 bits per heavy atom. The molecule has 1 aromatic rings.